The van der Waals surface area contributed by atoms with Gasteiger partial charge in [-0.05, 0) is 0 Å². The quantitative estimate of drug-likeness (QED) is 0.519. The fraction of sp³-hybridized carbons (Fsp3) is 1.00. The number of rotatable bonds is 3. The van der Waals surface area contributed by atoms with Crippen molar-refractivity contribution >= 4 is 24.3 Å². The van der Waals surface area contributed by atoms with Crippen LogP contribution >= 0.6 is 10.0 Å². The lowest BCUT2D eigenvalue weighted by Gasteiger charge is -2.00. The first kappa shape index (κ1) is 7.82. The Balaban J connectivity index is 2.83. The molecule has 0 saturated heterocycles. The predicted octanol–water partition coefficient (Wildman–Crippen LogP) is 2.31. The molecule has 1 radical (unpaired) electrons. The number of halogens is 1. The molecule has 0 rings (SSSR count). The minimum Gasteiger partial charge on any atom is -0.276 e. The van der Waals surface area contributed by atoms with E-state index in [1.54, 1.807) is 0 Å². The van der Waals surface area contributed by atoms with E-state index in [-0.39, 0.29) is 14.3 Å². The zero-order valence-corrected chi connectivity index (χ0v) is 6.86. The molecule has 41 valence electrons. The van der Waals surface area contributed by atoms with Gasteiger partial charge in [0.15, 0.2) is 0 Å². The topological polar surface area (TPSA) is 0 Å². The van der Waals surface area contributed by atoms with E-state index in [2.05, 4.69) is 13.8 Å². The van der Waals surface area contributed by atoms with Crippen molar-refractivity contribution in [3.63, 3.8) is 0 Å². The van der Waals surface area contributed by atoms with Crippen LogP contribution in [0.1, 0.15) is 20.3 Å². The Morgan fingerprint density at radius 3 is 2.43 bits per heavy atom. The summed E-state index contributed by atoms with van der Waals surface area (Å²) >= 11 is 0.222. The van der Waals surface area contributed by atoms with Gasteiger partial charge in [-0.1, -0.05) is 31.5 Å². The van der Waals surface area contributed by atoms with Gasteiger partial charge in [0.05, 0.1) is 0 Å². The van der Waals surface area contributed by atoms with Gasteiger partial charge in [-0.3, -0.25) is 10.0 Å². The van der Waals surface area contributed by atoms with Crippen LogP contribution in [0.2, 0.25) is 5.28 Å². The molecule has 0 nitrogen and oxygen atoms in total. The second kappa shape index (κ2) is 4.97. The van der Waals surface area contributed by atoms with Gasteiger partial charge in [0.25, 0.3) is 0 Å². The Kier molecular flexibility index (Phi) is 5.55. The lowest BCUT2D eigenvalue weighted by molar-refractivity contribution is 0.624. The average Bonchev–Trinajstić information content (AvgIpc) is 1.68. The van der Waals surface area contributed by atoms with E-state index in [0.29, 0.717) is 0 Å². The van der Waals surface area contributed by atoms with E-state index < -0.39 is 0 Å². The molecule has 0 bridgehead atoms. The highest BCUT2D eigenvalue weighted by Gasteiger charge is 1.96. The molecule has 7 heavy (non-hydrogen) atoms. The van der Waals surface area contributed by atoms with E-state index >= 15 is 0 Å². The number of hydrogen-bond acceptors (Lipinski definition) is 0. The summed E-state index contributed by atoms with van der Waals surface area (Å²) < 4.78 is 0. The fourth-order valence-corrected chi connectivity index (χ4v) is 1.87. The van der Waals surface area contributed by atoms with Gasteiger partial charge in [-0.2, -0.15) is 0 Å². The Bertz CT molecular complexity index is 39.1. The maximum atomic E-state index is 5.56. The molecule has 0 fully saturated rings. The second-order valence-corrected chi connectivity index (χ2v) is 3.61. The van der Waals surface area contributed by atoms with Gasteiger partial charge in [-0.25, -0.2) is 0 Å². The lowest BCUT2D eigenvalue weighted by atomic mass is 10.2. The van der Waals surface area contributed by atoms with Crippen molar-refractivity contribution in [2.75, 3.05) is 0 Å². The molecule has 0 saturated carbocycles. The monoisotopic (exact) mass is 133 g/mol. The maximum absolute atomic E-state index is 5.56. The highest BCUT2D eigenvalue weighted by atomic mass is 35.6. The molecular weight excluding hydrogens is 122 g/mol. The third kappa shape index (κ3) is 4.68. The molecule has 2 heteroatoms. The second-order valence-electron chi connectivity index (χ2n) is 1.90. The summed E-state index contributed by atoms with van der Waals surface area (Å²) in [5.41, 5.74) is 0. The zero-order chi connectivity index (χ0) is 5.70. The van der Waals surface area contributed by atoms with E-state index in [4.69, 9.17) is 10.0 Å². The van der Waals surface area contributed by atoms with Crippen molar-refractivity contribution in [2.45, 2.75) is 25.6 Å². The largest absolute Gasteiger partial charge is 0.356 e. The molecule has 0 aliphatic heterocycles. The van der Waals surface area contributed by atoms with Crippen molar-refractivity contribution < 1.29 is 0 Å². The lowest BCUT2D eigenvalue weighted by Crippen LogP contribution is -1.91. The van der Waals surface area contributed by atoms with Crippen LogP contribution in [0, 0.1) is 5.92 Å². The molecule has 0 amide bonds. The molecular formula is C5H11AlCl. The molecule has 0 aromatic carbocycles. The first-order valence-electron chi connectivity index (χ1n) is 2.73. The molecule has 0 heterocycles. The Labute approximate surface area is 56.2 Å². The molecule has 0 aromatic rings. The van der Waals surface area contributed by atoms with Crippen LogP contribution < -0.4 is 0 Å². The van der Waals surface area contributed by atoms with Gasteiger partial charge < -0.3 is 0 Å². The van der Waals surface area contributed by atoms with Gasteiger partial charge in [-0.15, -0.1) is 0 Å². The van der Waals surface area contributed by atoms with E-state index in [1.165, 1.54) is 11.7 Å². The van der Waals surface area contributed by atoms with Crippen LogP contribution in [0.15, 0.2) is 0 Å². The minimum absolute atomic E-state index is 0.222. The Morgan fingerprint density at radius 2 is 2.29 bits per heavy atom. The molecule has 0 spiro atoms. The van der Waals surface area contributed by atoms with Gasteiger partial charge >= 0.3 is 14.3 Å². The van der Waals surface area contributed by atoms with Crippen molar-refractivity contribution in [3.05, 3.63) is 0 Å². The summed E-state index contributed by atoms with van der Waals surface area (Å²) in [6, 6.07) is 0. The molecule has 0 N–H and O–H groups in total. The molecule has 0 aliphatic carbocycles. The SMILES string of the molecule is CCC(C)[CH2][Al][Cl]. The molecule has 0 aliphatic rings. The van der Waals surface area contributed by atoms with Crippen LogP contribution in [-0.4, -0.2) is 14.3 Å². The highest BCUT2D eigenvalue weighted by Crippen LogP contribution is 2.05. The predicted molar refractivity (Wildman–Crippen MR) is 35.9 cm³/mol. The van der Waals surface area contributed by atoms with Gasteiger partial charge in [0.2, 0.25) is 0 Å². The summed E-state index contributed by atoms with van der Waals surface area (Å²) in [5, 5.41) is 1.25. The summed E-state index contributed by atoms with van der Waals surface area (Å²) in [5.74, 6) is 0.854. The van der Waals surface area contributed by atoms with E-state index in [0.717, 1.165) is 5.92 Å². The summed E-state index contributed by atoms with van der Waals surface area (Å²) in [4.78, 5) is 0. The summed E-state index contributed by atoms with van der Waals surface area (Å²) in [6.07, 6.45) is 1.28. The first-order valence-corrected chi connectivity index (χ1v) is 5.29. The molecule has 1 atom stereocenters. The Hall–Kier alpha value is 0.822. The van der Waals surface area contributed by atoms with Crippen LogP contribution in [0.4, 0.5) is 0 Å². The van der Waals surface area contributed by atoms with Crippen LogP contribution in [0.25, 0.3) is 0 Å². The van der Waals surface area contributed by atoms with Gasteiger partial charge in [0.1, 0.15) is 0 Å². The van der Waals surface area contributed by atoms with E-state index in [1.807, 2.05) is 0 Å². The van der Waals surface area contributed by atoms with Crippen molar-refractivity contribution in [3.8, 4) is 0 Å². The zero-order valence-electron chi connectivity index (χ0n) is 4.95. The van der Waals surface area contributed by atoms with Gasteiger partial charge in [0, 0.05) is 0 Å². The summed E-state index contributed by atoms with van der Waals surface area (Å²) in [6.45, 7) is 4.45. The van der Waals surface area contributed by atoms with Crippen LogP contribution in [-0.2, 0) is 0 Å². The van der Waals surface area contributed by atoms with Crippen molar-refractivity contribution in [1.29, 1.82) is 0 Å². The summed E-state index contributed by atoms with van der Waals surface area (Å²) in [7, 11) is 5.56. The number of hydrogen-bond donors (Lipinski definition) is 0. The fourth-order valence-electron chi connectivity index (χ4n) is 0.319. The third-order valence-electron chi connectivity index (χ3n) is 1.19. The normalized spacial score (nSPS) is 13.6. The minimum atomic E-state index is 0.222. The maximum Gasteiger partial charge on any atom is 0.356 e. The molecule has 0 aromatic heterocycles. The van der Waals surface area contributed by atoms with Crippen LogP contribution in [0.5, 0.6) is 0 Å². The van der Waals surface area contributed by atoms with Crippen LogP contribution in [0.3, 0.4) is 0 Å². The Morgan fingerprint density at radius 1 is 1.71 bits per heavy atom. The smallest absolute Gasteiger partial charge is 0.276 e. The van der Waals surface area contributed by atoms with Crippen molar-refractivity contribution in [2.24, 2.45) is 5.92 Å². The van der Waals surface area contributed by atoms with E-state index in [9.17, 15) is 0 Å². The average molecular weight is 134 g/mol. The highest BCUT2D eigenvalue weighted by molar-refractivity contribution is 6.93. The standard InChI is InChI=1S/C5H11.Al.ClH/c1-4-5(2)3;;/h5H,2,4H2,1,3H3;;1H/q;+1;/p-1. The first-order chi connectivity index (χ1) is 3.31. The van der Waals surface area contributed by atoms with Crippen molar-refractivity contribution in [1.82, 2.24) is 0 Å². The molecule has 1 unspecified atom stereocenters. The third-order valence-corrected chi connectivity index (χ3v) is 2.71.